The maximum atomic E-state index is 11.9. The van der Waals surface area contributed by atoms with E-state index in [4.69, 9.17) is 9.84 Å². The summed E-state index contributed by atoms with van der Waals surface area (Å²) in [6, 6.07) is 4.26. The van der Waals surface area contributed by atoms with Crippen LogP contribution >= 0.6 is 0 Å². The van der Waals surface area contributed by atoms with Gasteiger partial charge in [-0.25, -0.2) is 4.79 Å². The first-order chi connectivity index (χ1) is 9.08. The number of esters is 1. The molecule has 6 heteroatoms. The van der Waals surface area contributed by atoms with Crippen LogP contribution in [0.25, 0.3) is 0 Å². The van der Waals surface area contributed by atoms with Crippen molar-refractivity contribution in [3.63, 3.8) is 0 Å². The molecule has 1 unspecified atom stereocenters. The summed E-state index contributed by atoms with van der Waals surface area (Å²) in [5.74, 6) is -0.323. The molecule has 0 aliphatic carbocycles. The smallest absolute Gasteiger partial charge is 0.328 e. The molecule has 1 aliphatic heterocycles. The maximum absolute atomic E-state index is 11.9. The van der Waals surface area contributed by atoms with E-state index in [2.05, 4.69) is 4.74 Å². The molecule has 19 heavy (non-hydrogen) atoms. The average Bonchev–Trinajstić information content (AvgIpc) is 2.45. The molecule has 0 saturated carbocycles. The highest BCUT2D eigenvalue weighted by molar-refractivity contribution is 6.02. The molecule has 1 N–H and O–H groups in total. The molecule has 2 rings (SSSR count). The number of benzene rings is 1. The Morgan fingerprint density at radius 2 is 2.32 bits per heavy atom. The fraction of sp³-hybridized carbons (Fsp3) is 0.385. The molecule has 1 amide bonds. The fourth-order valence-corrected chi connectivity index (χ4v) is 2.02. The molecule has 6 nitrogen and oxygen atoms in total. The van der Waals surface area contributed by atoms with Gasteiger partial charge in [0, 0.05) is 0 Å². The van der Waals surface area contributed by atoms with Gasteiger partial charge in [-0.3, -0.25) is 9.69 Å². The Balaban J connectivity index is 2.40. The van der Waals surface area contributed by atoms with Crippen LogP contribution in [0.5, 0.6) is 5.75 Å². The van der Waals surface area contributed by atoms with E-state index in [9.17, 15) is 9.59 Å². The van der Waals surface area contributed by atoms with Crippen molar-refractivity contribution in [3.8, 4) is 5.75 Å². The lowest BCUT2D eigenvalue weighted by atomic mass is 10.1. The minimum Gasteiger partial charge on any atom is -0.482 e. The second-order valence-electron chi connectivity index (χ2n) is 4.21. The van der Waals surface area contributed by atoms with Crippen molar-refractivity contribution < 1.29 is 24.2 Å². The third-order valence-corrected chi connectivity index (χ3v) is 3.02. The van der Waals surface area contributed by atoms with Gasteiger partial charge in [0.25, 0.3) is 5.91 Å². The van der Waals surface area contributed by atoms with Crippen molar-refractivity contribution in [2.24, 2.45) is 0 Å². The Morgan fingerprint density at radius 3 is 2.95 bits per heavy atom. The average molecular weight is 265 g/mol. The van der Waals surface area contributed by atoms with Crippen molar-refractivity contribution in [1.29, 1.82) is 0 Å². The molecular formula is C13H15NO5. The fourth-order valence-electron chi connectivity index (χ4n) is 2.02. The number of amides is 1. The zero-order valence-electron chi connectivity index (χ0n) is 10.8. The first kappa shape index (κ1) is 13.4. The quantitative estimate of drug-likeness (QED) is 0.804. The number of hydrogen-bond donors (Lipinski definition) is 1. The predicted molar refractivity (Wildman–Crippen MR) is 66.8 cm³/mol. The SMILES string of the molecule is COC(=O)C(C)N1C(=O)COc2cc(CO)ccc21. The van der Waals surface area contributed by atoms with Gasteiger partial charge < -0.3 is 14.6 Å². The Hall–Kier alpha value is -2.08. The van der Waals surface area contributed by atoms with Crippen LogP contribution in [0.1, 0.15) is 12.5 Å². The normalized spacial score (nSPS) is 15.5. The Labute approximate surface area is 110 Å². The topological polar surface area (TPSA) is 76.1 Å². The van der Waals surface area contributed by atoms with Gasteiger partial charge in [-0.1, -0.05) is 6.07 Å². The van der Waals surface area contributed by atoms with Crippen LogP contribution < -0.4 is 9.64 Å². The van der Waals surface area contributed by atoms with Crippen molar-refractivity contribution in [1.82, 2.24) is 0 Å². The molecule has 1 aromatic rings. The number of aliphatic hydroxyl groups is 1. The van der Waals surface area contributed by atoms with Crippen molar-refractivity contribution in [2.75, 3.05) is 18.6 Å². The summed E-state index contributed by atoms with van der Waals surface area (Å²) >= 11 is 0. The van der Waals surface area contributed by atoms with Gasteiger partial charge in [0.05, 0.1) is 19.4 Å². The number of carbonyl (C=O) groups is 2. The van der Waals surface area contributed by atoms with Crippen molar-refractivity contribution in [3.05, 3.63) is 23.8 Å². The van der Waals surface area contributed by atoms with Crippen LogP contribution in [0.2, 0.25) is 0 Å². The van der Waals surface area contributed by atoms with Gasteiger partial charge in [-0.15, -0.1) is 0 Å². The molecule has 0 saturated heterocycles. The van der Waals surface area contributed by atoms with Gasteiger partial charge in [0.1, 0.15) is 11.8 Å². The number of carbonyl (C=O) groups excluding carboxylic acids is 2. The molecule has 0 bridgehead atoms. The van der Waals surface area contributed by atoms with E-state index in [0.717, 1.165) is 0 Å². The number of rotatable bonds is 3. The first-order valence-corrected chi connectivity index (χ1v) is 5.85. The minimum atomic E-state index is -0.722. The second kappa shape index (κ2) is 5.27. The molecule has 1 atom stereocenters. The van der Waals surface area contributed by atoms with E-state index < -0.39 is 12.0 Å². The molecule has 0 radical (unpaired) electrons. The Kier molecular flexibility index (Phi) is 3.71. The van der Waals surface area contributed by atoms with E-state index in [0.29, 0.717) is 17.0 Å². The van der Waals surface area contributed by atoms with Crippen molar-refractivity contribution in [2.45, 2.75) is 19.6 Å². The van der Waals surface area contributed by atoms with Gasteiger partial charge in [-0.05, 0) is 24.6 Å². The maximum Gasteiger partial charge on any atom is 0.328 e. The van der Waals surface area contributed by atoms with Gasteiger partial charge in [0.2, 0.25) is 0 Å². The summed E-state index contributed by atoms with van der Waals surface area (Å²) in [6.07, 6.45) is 0. The number of fused-ring (bicyclic) bond motifs is 1. The minimum absolute atomic E-state index is 0.114. The lowest BCUT2D eigenvalue weighted by molar-refractivity contribution is -0.143. The summed E-state index contributed by atoms with van der Waals surface area (Å²) < 4.78 is 9.98. The third kappa shape index (κ3) is 2.39. The standard InChI is InChI=1S/C13H15NO5/c1-8(13(17)18-2)14-10-4-3-9(6-15)5-11(10)19-7-12(14)16/h3-5,8,15H,6-7H2,1-2H3. The molecule has 102 valence electrons. The number of anilines is 1. The van der Waals surface area contributed by atoms with Crippen LogP contribution in [0.3, 0.4) is 0 Å². The number of hydrogen-bond acceptors (Lipinski definition) is 5. The van der Waals surface area contributed by atoms with Gasteiger partial charge >= 0.3 is 5.97 Å². The zero-order chi connectivity index (χ0) is 14.0. The van der Waals surface area contributed by atoms with Crippen LogP contribution in [0.4, 0.5) is 5.69 Å². The zero-order valence-corrected chi connectivity index (χ0v) is 10.8. The lowest BCUT2D eigenvalue weighted by Gasteiger charge is -2.32. The molecular weight excluding hydrogens is 250 g/mol. The number of nitrogens with zero attached hydrogens (tertiary/aromatic N) is 1. The highest BCUT2D eigenvalue weighted by Gasteiger charge is 2.33. The third-order valence-electron chi connectivity index (χ3n) is 3.02. The summed E-state index contributed by atoms with van der Waals surface area (Å²) in [4.78, 5) is 24.9. The first-order valence-electron chi connectivity index (χ1n) is 5.85. The monoisotopic (exact) mass is 265 g/mol. The van der Waals surface area contributed by atoms with E-state index in [-0.39, 0.29) is 19.1 Å². The molecule has 0 spiro atoms. The molecule has 1 aromatic carbocycles. The van der Waals surface area contributed by atoms with E-state index in [1.54, 1.807) is 25.1 Å². The van der Waals surface area contributed by atoms with Crippen LogP contribution in [0.15, 0.2) is 18.2 Å². The number of methoxy groups -OCH3 is 1. The van der Waals surface area contributed by atoms with Gasteiger partial charge in [0.15, 0.2) is 6.61 Å². The summed E-state index contributed by atoms with van der Waals surface area (Å²) in [7, 11) is 1.28. The van der Waals surface area contributed by atoms with Crippen LogP contribution in [-0.4, -0.2) is 36.7 Å². The largest absolute Gasteiger partial charge is 0.482 e. The summed E-state index contributed by atoms with van der Waals surface area (Å²) in [5, 5.41) is 9.08. The Morgan fingerprint density at radius 1 is 1.58 bits per heavy atom. The highest BCUT2D eigenvalue weighted by Crippen LogP contribution is 2.34. The van der Waals surface area contributed by atoms with Crippen LogP contribution in [-0.2, 0) is 20.9 Å². The van der Waals surface area contributed by atoms with E-state index in [1.165, 1.54) is 12.0 Å². The number of aliphatic hydroxyl groups excluding tert-OH is 1. The van der Waals surface area contributed by atoms with Gasteiger partial charge in [-0.2, -0.15) is 0 Å². The summed E-state index contributed by atoms with van der Waals surface area (Å²) in [5.41, 5.74) is 1.19. The Bertz CT molecular complexity index is 514. The molecule has 1 heterocycles. The highest BCUT2D eigenvalue weighted by atomic mass is 16.5. The molecule has 1 aliphatic rings. The van der Waals surface area contributed by atoms with Crippen molar-refractivity contribution >= 4 is 17.6 Å². The van der Waals surface area contributed by atoms with Crippen LogP contribution in [0, 0.1) is 0 Å². The van der Waals surface area contributed by atoms with E-state index >= 15 is 0 Å². The second-order valence-corrected chi connectivity index (χ2v) is 4.21. The van der Waals surface area contributed by atoms with E-state index in [1.807, 2.05) is 0 Å². The predicted octanol–water partition coefficient (Wildman–Crippen LogP) is 0.466. The lowest BCUT2D eigenvalue weighted by Crippen LogP contribution is -2.48. The number of ether oxygens (including phenoxy) is 2. The molecule has 0 fully saturated rings. The molecule has 0 aromatic heterocycles. The summed E-state index contributed by atoms with van der Waals surface area (Å²) in [6.45, 7) is 1.35.